The minimum Gasteiger partial charge on any atom is -0.501 e. The lowest BCUT2D eigenvalue weighted by atomic mass is 10.1. The molecule has 68 valence electrons. The molecule has 0 heterocycles. The standard InChI is InChI=1S/C12H14O/c1-9(13-2)11-8-7-10-5-3-4-6-12(10)11/h3-6H,7-8H2,1-2H3/b11-9+. The van der Waals surface area contributed by atoms with Crippen LogP contribution in [-0.2, 0) is 11.2 Å². The maximum Gasteiger partial charge on any atom is 0.0962 e. The highest BCUT2D eigenvalue weighted by Crippen LogP contribution is 2.34. The fourth-order valence-electron chi connectivity index (χ4n) is 1.92. The van der Waals surface area contributed by atoms with E-state index in [-0.39, 0.29) is 0 Å². The molecule has 2 rings (SSSR count). The molecule has 0 saturated heterocycles. The number of methoxy groups -OCH3 is 1. The zero-order chi connectivity index (χ0) is 9.26. The van der Waals surface area contributed by atoms with Crippen molar-refractivity contribution in [2.75, 3.05) is 7.11 Å². The van der Waals surface area contributed by atoms with Gasteiger partial charge in [0, 0.05) is 0 Å². The Morgan fingerprint density at radius 3 is 2.77 bits per heavy atom. The average molecular weight is 174 g/mol. The molecule has 0 aromatic heterocycles. The highest BCUT2D eigenvalue weighted by Gasteiger charge is 2.17. The Bertz CT molecular complexity index is 350. The van der Waals surface area contributed by atoms with Crippen LogP contribution in [0.25, 0.3) is 5.57 Å². The lowest BCUT2D eigenvalue weighted by Crippen LogP contribution is -1.86. The Morgan fingerprint density at radius 2 is 2.00 bits per heavy atom. The number of rotatable bonds is 1. The lowest BCUT2D eigenvalue weighted by molar-refractivity contribution is 0.295. The summed E-state index contributed by atoms with van der Waals surface area (Å²) in [4.78, 5) is 0. The maximum absolute atomic E-state index is 5.27. The van der Waals surface area contributed by atoms with Crippen molar-refractivity contribution in [2.45, 2.75) is 19.8 Å². The third-order valence-corrected chi connectivity index (χ3v) is 2.72. The van der Waals surface area contributed by atoms with Crippen LogP contribution in [0, 0.1) is 0 Å². The van der Waals surface area contributed by atoms with Crippen molar-refractivity contribution in [3.05, 3.63) is 41.2 Å². The molecule has 0 spiro atoms. The number of hydrogen-bond acceptors (Lipinski definition) is 1. The SMILES string of the molecule is CO/C(C)=C1\CCc2ccccc21. The van der Waals surface area contributed by atoms with Gasteiger partial charge in [-0.3, -0.25) is 0 Å². The third-order valence-electron chi connectivity index (χ3n) is 2.72. The molecule has 0 fully saturated rings. The summed E-state index contributed by atoms with van der Waals surface area (Å²) in [6.07, 6.45) is 2.28. The van der Waals surface area contributed by atoms with E-state index in [2.05, 4.69) is 24.3 Å². The fraction of sp³-hybridized carbons (Fsp3) is 0.333. The molecular formula is C12H14O. The zero-order valence-corrected chi connectivity index (χ0v) is 8.13. The van der Waals surface area contributed by atoms with Crippen molar-refractivity contribution in [1.29, 1.82) is 0 Å². The first-order chi connectivity index (χ1) is 6.33. The van der Waals surface area contributed by atoms with E-state index in [1.165, 1.54) is 16.7 Å². The second kappa shape index (κ2) is 3.25. The van der Waals surface area contributed by atoms with Gasteiger partial charge in [-0.15, -0.1) is 0 Å². The molecule has 1 aliphatic rings. The number of aryl methyl sites for hydroxylation is 1. The van der Waals surface area contributed by atoms with Crippen molar-refractivity contribution in [3.63, 3.8) is 0 Å². The van der Waals surface area contributed by atoms with Crippen LogP contribution >= 0.6 is 0 Å². The summed E-state index contributed by atoms with van der Waals surface area (Å²) in [6.45, 7) is 2.04. The molecule has 1 aromatic carbocycles. The molecule has 0 unspecified atom stereocenters. The second-order valence-corrected chi connectivity index (χ2v) is 3.40. The first kappa shape index (κ1) is 8.36. The highest BCUT2D eigenvalue weighted by molar-refractivity contribution is 5.73. The summed E-state index contributed by atoms with van der Waals surface area (Å²) in [7, 11) is 1.74. The molecule has 13 heavy (non-hydrogen) atoms. The Hall–Kier alpha value is -1.24. The van der Waals surface area contributed by atoms with E-state index in [1.54, 1.807) is 7.11 Å². The number of allylic oxidation sites excluding steroid dienone is 2. The molecule has 1 nitrogen and oxygen atoms in total. The predicted molar refractivity (Wildman–Crippen MR) is 54.4 cm³/mol. The van der Waals surface area contributed by atoms with E-state index in [4.69, 9.17) is 4.74 Å². The van der Waals surface area contributed by atoms with Gasteiger partial charge in [-0.05, 0) is 36.5 Å². The Balaban J connectivity index is 2.50. The predicted octanol–water partition coefficient (Wildman–Crippen LogP) is 3.01. The average Bonchev–Trinajstić information content (AvgIpc) is 2.60. The molecule has 0 atom stereocenters. The Morgan fingerprint density at radius 1 is 1.23 bits per heavy atom. The van der Waals surface area contributed by atoms with Crippen molar-refractivity contribution < 1.29 is 4.74 Å². The quantitative estimate of drug-likeness (QED) is 0.595. The van der Waals surface area contributed by atoms with Crippen LogP contribution in [0.5, 0.6) is 0 Å². The van der Waals surface area contributed by atoms with Gasteiger partial charge in [-0.2, -0.15) is 0 Å². The highest BCUT2D eigenvalue weighted by atomic mass is 16.5. The molecule has 1 heteroatoms. The van der Waals surface area contributed by atoms with Gasteiger partial charge >= 0.3 is 0 Å². The van der Waals surface area contributed by atoms with Crippen molar-refractivity contribution >= 4 is 5.57 Å². The molecule has 0 radical (unpaired) electrons. The Kier molecular flexibility index (Phi) is 2.09. The monoisotopic (exact) mass is 174 g/mol. The van der Waals surface area contributed by atoms with Gasteiger partial charge in [-0.25, -0.2) is 0 Å². The summed E-state index contributed by atoms with van der Waals surface area (Å²) in [5.74, 6) is 1.06. The minimum atomic E-state index is 1.06. The number of ether oxygens (including phenoxy) is 1. The maximum atomic E-state index is 5.27. The number of benzene rings is 1. The molecule has 1 aromatic rings. The van der Waals surface area contributed by atoms with Gasteiger partial charge in [0.15, 0.2) is 0 Å². The Labute approximate surface area is 79.0 Å². The summed E-state index contributed by atoms with van der Waals surface area (Å²) >= 11 is 0. The summed E-state index contributed by atoms with van der Waals surface area (Å²) < 4.78 is 5.27. The van der Waals surface area contributed by atoms with Crippen LogP contribution < -0.4 is 0 Å². The van der Waals surface area contributed by atoms with E-state index in [0.29, 0.717) is 0 Å². The van der Waals surface area contributed by atoms with E-state index >= 15 is 0 Å². The summed E-state index contributed by atoms with van der Waals surface area (Å²) in [5, 5.41) is 0. The zero-order valence-electron chi connectivity index (χ0n) is 8.13. The van der Waals surface area contributed by atoms with Gasteiger partial charge in [0.2, 0.25) is 0 Å². The van der Waals surface area contributed by atoms with E-state index in [9.17, 15) is 0 Å². The molecule has 0 saturated carbocycles. The molecule has 0 aliphatic heterocycles. The number of fused-ring (bicyclic) bond motifs is 1. The molecular weight excluding hydrogens is 160 g/mol. The van der Waals surface area contributed by atoms with Crippen molar-refractivity contribution in [1.82, 2.24) is 0 Å². The number of hydrogen-bond donors (Lipinski definition) is 0. The molecule has 0 bridgehead atoms. The summed E-state index contributed by atoms with van der Waals surface area (Å²) in [6, 6.07) is 8.57. The van der Waals surface area contributed by atoms with Crippen molar-refractivity contribution in [3.8, 4) is 0 Å². The van der Waals surface area contributed by atoms with Crippen LogP contribution in [0.4, 0.5) is 0 Å². The van der Waals surface area contributed by atoms with E-state index in [1.807, 2.05) is 6.92 Å². The smallest absolute Gasteiger partial charge is 0.0962 e. The summed E-state index contributed by atoms with van der Waals surface area (Å²) in [5.41, 5.74) is 4.20. The first-order valence-corrected chi connectivity index (χ1v) is 4.65. The molecule has 1 aliphatic carbocycles. The second-order valence-electron chi connectivity index (χ2n) is 3.40. The van der Waals surface area contributed by atoms with Gasteiger partial charge in [0.25, 0.3) is 0 Å². The van der Waals surface area contributed by atoms with E-state index in [0.717, 1.165) is 18.6 Å². The topological polar surface area (TPSA) is 9.23 Å². The lowest BCUT2D eigenvalue weighted by Gasteiger charge is -2.05. The van der Waals surface area contributed by atoms with Gasteiger partial charge in [-0.1, -0.05) is 24.3 Å². The fourth-order valence-corrected chi connectivity index (χ4v) is 1.92. The van der Waals surface area contributed by atoms with Crippen LogP contribution in [0.2, 0.25) is 0 Å². The van der Waals surface area contributed by atoms with Crippen molar-refractivity contribution in [2.24, 2.45) is 0 Å². The van der Waals surface area contributed by atoms with Crippen LogP contribution in [0.1, 0.15) is 24.5 Å². The van der Waals surface area contributed by atoms with Crippen LogP contribution in [0.3, 0.4) is 0 Å². The largest absolute Gasteiger partial charge is 0.501 e. The first-order valence-electron chi connectivity index (χ1n) is 4.65. The van der Waals surface area contributed by atoms with Crippen LogP contribution in [0.15, 0.2) is 30.0 Å². The van der Waals surface area contributed by atoms with Gasteiger partial charge < -0.3 is 4.74 Å². The van der Waals surface area contributed by atoms with Gasteiger partial charge in [0.1, 0.15) is 0 Å². The normalized spacial score (nSPS) is 18.3. The molecule has 0 N–H and O–H groups in total. The van der Waals surface area contributed by atoms with Gasteiger partial charge in [0.05, 0.1) is 12.9 Å². The van der Waals surface area contributed by atoms with E-state index < -0.39 is 0 Å². The minimum absolute atomic E-state index is 1.06. The third kappa shape index (κ3) is 1.35. The molecule has 0 amide bonds. The van der Waals surface area contributed by atoms with Crippen LogP contribution in [-0.4, -0.2) is 7.11 Å².